The molecule has 0 radical (unpaired) electrons. The molecule has 144 valence electrons. The molecule has 0 aliphatic carbocycles. The monoisotopic (exact) mass is 348 g/mol. The van der Waals surface area contributed by atoms with Crippen LogP contribution in [0.25, 0.3) is 0 Å². The number of aliphatic hydroxyl groups is 4. The molecular formula is C18H36O6. The van der Waals surface area contributed by atoms with E-state index in [-0.39, 0.29) is 25.7 Å². The van der Waals surface area contributed by atoms with Crippen LogP contribution in [0.3, 0.4) is 0 Å². The van der Waals surface area contributed by atoms with E-state index in [1.165, 1.54) is 0 Å². The van der Waals surface area contributed by atoms with Gasteiger partial charge in [0.1, 0.15) is 0 Å². The molecule has 0 fully saturated rings. The number of aliphatic hydroxyl groups excluding tert-OH is 4. The highest BCUT2D eigenvalue weighted by Crippen LogP contribution is 2.31. The van der Waals surface area contributed by atoms with Gasteiger partial charge in [-0.2, -0.15) is 0 Å². The summed E-state index contributed by atoms with van der Waals surface area (Å²) in [4.78, 5) is 12.3. The van der Waals surface area contributed by atoms with Gasteiger partial charge in [0.05, 0.1) is 30.8 Å². The maximum absolute atomic E-state index is 12.3. The first-order valence-electron chi connectivity index (χ1n) is 8.78. The summed E-state index contributed by atoms with van der Waals surface area (Å²) in [5.74, 6) is -0.742. The number of carbonyl (C=O) groups is 1. The van der Waals surface area contributed by atoms with Crippen molar-refractivity contribution in [3.05, 3.63) is 0 Å². The lowest BCUT2D eigenvalue weighted by molar-refractivity contribution is -0.171. The van der Waals surface area contributed by atoms with Crippen molar-refractivity contribution < 1.29 is 30.0 Å². The molecule has 24 heavy (non-hydrogen) atoms. The quantitative estimate of drug-likeness (QED) is 0.314. The summed E-state index contributed by atoms with van der Waals surface area (Å²) in [5.41, 5.74) is -1.80. The van der Waals surface area contributed by atoms with E-state index in [1.807, 2.05) is 6.92 Å². The van der Waals surface area contributed by atoms with Crippen molar-refractivity contribution >= 4 is 5.97 Å². The van der Waals surface area contributed by atoms with Crippen LogP contribution in [0.15, 0.2) is 0 Å². The number of carbonyl (C=O) groups excluding carboxylic acids is 1. The largest absolute Gasteiger partial charge is 0.465 e. The van der Waals surface area contributed by atoms with Crippen molar-refractivity contribution in [1.29, 1.82) is 0 Å². The van der Waals surface area contributed by atoms with E-state index in [9.17, 15) is 20.1 Å². The van der Waals surface area contributed by atoms with Crippen molar-refractivity contribution in [3.8, 4) is 0 Å². The molecule has 0 aliphatic heterocycles. The smallest absolute Gasteiger partial charge is 0.314 e. The van der Waals surface area contributed by atoms with Gasteiger partial charge in [-0.25, -0.2) is 0 Å². The van der Waals surface area contributed by atoms with Gasteiger partial charge in [0.25, 0.3) is 0 Å². The Morgan fingerprint density at radius 1 is 1.08 bits per heavy atom. The Labute approximate surface area is 145 Å². The van der Waals surface area contributed by atoms with Crippen molar-refractivity contribution in [3.63, 3.8) is 0 Å². The predicted molar refractivity (Wildman–Crippen MR) is 92.3 cm³/mol. The third-order valence-electron chi connectivity index (χ3n) is 4.60. The van der Waals surface area contributed by atoms with Crippen LogP contribution in [-0.2, 0) is 9.53 Å². The highest BCUT2D eigenvalue weighted by Gasteiger charge is 2.43. The first-order valence-corrected chi connectivity index (χ1v) is 8.78. The summed E-state index contributed by atoms with van der Waals surface area (Å²) in [6.45, 7) is 8.60. The molecule has 4 N–H and O–H groups in total. The summed E-state index contributed by atoms with van der Waals surface area (Å²) in [7, 11) is 0. The van der Waals surface area contributed by atoms with Crippen molar-refractivity contribution in [2.75, 3.05) is 19.8 Å². The molecule has 0 amide bonds. The molecule has 0 spiro atoms. The predicted octanol–water partition coefficient (Wildman–Crippen LogP) is 1.48. The Morgan fingerprint density at radius 3 is 2.12 bits per heavy atom. The normalized spacial score (nSPS) is 16.5. The van der Waals surface area contributed by atoms with Crippen LogP contribution in [0.4, 0.5) is 0 Å². The molecule has 0 heterocycles. The zero-order valence-corrected chi connectivity index (χ0v) is 15.8. The topological polar surface area (TPSA) is 107 Å². The number of rotatable bonds is 12. The number of hydrogen-bond donors (Lipinski definition) is 4. The zero-order chi connectivity index (χ0) is 19.0. The third-order valence-corrected chi connectivity index (χ3v) is 4.60. The van der Waals surface area contributed by atoms with Crippen LogP contribution in [0, 0.1) is 16.7 Å². The van der Waals surface area contributed by atoms with Crippen LogP contribution >= 0.6 is 0 Å². The number of unbranched alkanes of at least 4 members (excludes halogenated alkanes) is 1. The summed E-state index contributed by atoms with van der Waals surface area (Å²) in [6.07, 6.45) is 0.475. The lowest BCUT2D eigenvalue weighted by atomic mass is 9.78. The second-order valence-electron chi connectivity index (χ2n) is 7.94. The lowest BCUT2D eigenvalue weighted by Crippen LogP contribution is -2.48. The summed E-state index contributed by atoms with van der Waals surface area (Å²) in [6, 6.07) is 0. The van der Waals surface area contributed by atoms with E-state index in [0.29, 0.717) is 19.3 Å². The SMILES string of the molecule is CCC(CCCCO)C(O)C(O)C(C)(C)C(=O)OCC(C)(C)CO. The van der Waals surface area contributed by atoms with E-state index >= 15 is 0 Å². The highest BCUT2D eigenvalue weighted by atomic mass is 16.5. The van der Waals surface area contributed by atoms with Crippen LogP contribution in [-0.4, -0.2) is 58.4 Å². The van der Waals surface area contributed by atoms with Crippen LogP contribution in [0.1, 0.15) is 60.3 Å². The van der Waals surface area contributed by atoms with E-state index < -0.39 is 29.0 Å². The van der Waals surface area contributed by atoms with Gasteiger partial charge in [-0.05, 0) is 32.6 Å². The van der Waals surface area contributed by atoms with E-state index in [1.54, 1.807) is 27.7 Å². The molecule has 0 aromatic carbocycles. The molecule has 0 saturated carbocycles. The first kappa shape index (κ1) is 23.3. The summed E-state index contributed by atoms with van der Waals surface area (Å²) in [5, 5.41) is 39.1. The first-order chi connectivity index (χ1) is 11.0. The molecule has 3 unspecified atom stereocenters. The minimum absolute atomic E-state index is 0.0439. The van der Waals surface area contributed by atoms with Crippen LogP contribution in [0.5, 0.6) is 0 Å². The van der Waals surface area contributed by atoms with Crippen molar-refractivity contribution in [2.24, 2.45) is 16.7 Å². The molecule has 0 aromatic heterocycles. The van der Waals surface area contributed by atoms with E-state index in [0.717, 1.165) is 6.42 Å². The maximum Gasteiger partial charge on any atom is 0.314 e. The maximum atomic E-state index is 12.3. The molecule has 0 aromatic rings. The molecule has 6 nitrogen and oxygen atoms in total. The fourth-order valence-electron chi connectivity index (χ4n) is 2.43. The van der Waals surface area contributed by atoms with Crippen molar-refractivity contribution in [1.82, 2.24) is 0 Å². The van der Waals surface area contributed by atoms with Crippen molar-refractivity contribution in [2.45, 2.75) is 72.5 Å². The summed E-state index contributed by atoms with van der Waals surface area (Å²) < 4.78 is 5.24. The molecular weight excluding hydrogens is 312 g/mol. The minimum atomic E-state index is -1.25. The van der Waals surface area contributed by atoms with Crippen LogP contribution < -0.4 is 0 Å². The van der Waals surface area contributed by atoms with Gasteiger partial charge in [-0.3, -0.25) is 4.79 Å². The molecule has 0 saturated heterocycles. The standard InChI is InChI=1S/C18H36O6/c1-6-13(9-7-8-10-19)14(21)15(22)18(4,5)16(23)24-12-17(2,3)11-20/h13-15,19-22H,6-12H2,1-5H3. The number of hydrogen-bond acceptors (Lipinski definition) is 6. The Bertz CT molecular complexity index is 367. The average molecular weight is 348 g/mol. The fraction of sp³-hybridized carbons (Fsp3) is 0.944. The Kier molecular flexibility index (Phi) is 10.0. The minimum Gasteiger partial charge on any atom is -0.465 e. The second-order valence-corrected chi connectivity index (χ2v) is 7.94. The van der Waals surface area contributed by atoms with Gasteiger partial charge < -0.3 is 25.2 Å². The zero-order valence-electron chi connectivity index (χ0n) is 15.8. The Hall–Kier alpha value is -0.690. The fourth-order valence-corrected chi connectivity index (χ4v) is 2.43. The Balaban J connectivity index is 4.82. The molecule has 0 rings (SSSR count). The van der Waals surface area contributed by atoms with E-state index in [4.69, 9.17) is 9.84 Å². The molecule has 0 aliphatic rings. The third kappa shape index (κ3) is 7.05. The highest BCUT2D eigenvalue weighted by molar-refractivity contribution is 5.76. The van der Waals surface area contributed by atoms with Crippen LogP contribution in [0.2, 0.25) is 0 Å². The van der Waals surface area contributed by atoms with Gasteiger partial charge in [0, 0.05) is 12.0 Å². The van der Waals surface area contributed by atoms with Gasteiger partial charge >= 0.3 is 5.97 Å². The Morgan fingerprint density at radius 2 is 1.67 bits per heavy atom. The molecule has 3 atom stereocenters. The average Bonchev–Trinajstić information content (AvgIpc) is 2.55. The molecule has 6 heteroatoms. The summed E-state index contributed by atoms with van der Waals surface area (Å²) >= 11 is 0. The van der Waals surface area contributed by atoms with Gasteiger partial charge in [0.15, 0.2) is 0 Å². The van der Waals surface area contributed by atoms with Gasteiger partial charge in [-0.1, -0.05) is 33.6 Å². The van der Waals surface area contributed by atoms with Gasteiger partial charge in [-0.15, -0.1) is 0 Å². The second kappa shape index (κ2) is 10.3. The molecule has 0 bridgehead atoms. The lowest BCUT2D eigenvalue weighted by Gasteiger charge is -2.35. The number of esters is 1. The van der Waals surface area contributed by atoms with Gasteiger partial charge in [0.2, 0.25) is 0 Å². The van der Waals surface area contributed by atoms with E-state index in [2.05, 4.69) is 0 Å². The number of ether oxygens (including phenoxy) is 1.